The quantitative estimate of drug-likeness (QED) is 0.529. The van der Waals surface area contributed by atoms with Crippen molar-refractivity contribution in [2.75, 3.05) is 13.2 Å². The van der Waals surface area contributed by atoms with Gasteiger partial charge < -0.3 is 14.5 Å². The largest absolute Gasteiger partial charge is 0.467 e. The monoisotopic (exact) mass is 343 g/mol. The van der Waals surface area contributed by atoms with Crippen LogP contribution in [0.15, 0.2) is 41.0 Å². The molecule has 0 saturated carbocycles. The van der Waals surface area contributed by atoms with E-state index in [4.69, 9.17) is 9.15 Å². The van der Waals surface area contributed by atoms with Crippen molar-refractivity contribution in [2.45, 2.75) is 39.7 Å². The molecular weight excluding hydrogens is 318 g/mol. The maximum absolute atomic E-state index is 12.2. The number of rotatable bonds is 10. The zero-order chi connectivity index (χ0) is 18.1. The molecular formula is C20H25NO4. The lowest BCUT2D eigenvalue weighted by Crippen LogP contribution is -2.25. The molecule has 0 spiro atoms. The van der Waals surface area contributed by atoms with Crippen LogP contribution in [0.5, 0.6) is 0 Å². The maximum Gasteiger partial charge on any atom is 0.220 e. The van der Waals surface area contributed by atoms with Crippen LogP contribution in [0.2, 0.25) is 0 Å². The van der Waals surface area contributed by atoms with E-state index in [1.807, 2.05) is 44.2 Å². The molecule has 2 rings (SSSR count). The summed E-state index contributed by atoms with van der Waals surface area (Å²) in [5.41, 5.74) is 2.71. The molecule has 0 radical (unpaired) electrons. The van der Waals surface area contributed by atoms with Crippen molar-refractivity contribution >= 4 is 11.7 Å². The molecule has 25 heavy (non-hydrogen) atoms. The predicted molar refractivity (Wildman–Crippen MR) is 95.5 cm³/mol. The second-order valence-electron chi connectivity index (χ2n) is 6.08. The minimum atomic E-state index is -0.107. The number of nitrogens with one attached hydrogen (secondary N) is 1. The Morgan fingerprint density at radius 2 is 2.00 bits per heavy atom. The fourth-order valence-electron chi connectivity index (χ4n) is 2.46. The first-order valence-electron chi connectivity index (χ1n) is 8.53. The van der Waals surface area contributed by atoms with E-state index in [-0.39, 0.29) is 24.5 Å². The van der Waals surface area contributed by atoms with Crippen molar-refractivity contribution in [1.29, 1.82) is 0 Å². The molecule has 134 valence electrons. The minimum Gasteiger partial charge on any atom is -0.467 e. The highest BCUT2D eigenvalue weighted by molar-refractivity contribution is 5.99. The van der Waals surface area contributed by atoms with Crippen molar-refractivity contribution in [2.24, 2.45) is 0 Å². The molecule has 2 aromatic rings. The van der Waals surface area contributed by atoms with Crippen LogP contribution in [0, 0.1) is 13.8 Å². The van der Waals surface area contributed by atoms with Crippen LogP contribution >= 0.6 is 0 Å². The fourth-order valence-corrected chi connectivity index (χ4v) is 2.46. The number of aryl methyl sites for hydroxylation is 2. The first kappa shape index (κ1) is 18.9. The third-order valence-corrected chi connectivity index (χ3v) is 3.88. The Morgan fingerprint density at radius 3 is 2.76 bits per heavy atom. The molecule has 0 aliphatic carbocycles. The Labute approximate surface area is 148 Å². The molecule has 1 N–H and O–H groups in total. The average Bonchev–Trinajstić information content (AvgIpc) is 3.11. The van der Waals surface area contributed by atoms with Crippen LogP contribution in [-0.4, -0.2) is 24.8 Å². The zero-order valence-corrected chi connectivity index (χ0v) is 14.8. The van der Waals surface area contributed by atoms with Gasteiger partial charge in [0.2, 0.25) is 5.91 Å². The van der Waals surface area contributed by atoms with Gasteiger partial charge in [0.1, 0.15) is 12.4 Å². The topological polar surface area (TPSA) is 68.5 Å². The number of carbonyl (C=O) groups excluding carboxylic acids is 2. The Kier molecular flexibility index (Phi) is 7.41. The summed E-state index contributed by atoms with van der Waals surface area (Å²) < 4.78 is 10.6. The lowest BCUT2D eigenvalue weighted by Gasteiger charge is -2.07. The molecule has 1 aromatic heterocycles. The van der Waals surface area contributed by atoms with E-state index in [1.54, 1.807) is 6.26 Å². The number of ketones is 1. The molecule has 0 aliphatic rings. The van der Waals surface area contributed by atoms with Crippen LogP contribution in [0.1, 0.15) is 46.5 Å². The average molecular weight is 343 g/mol. The van der Waals surface area contributed by atoms with Crippen molar-refractivity contribution < 1.29 is 18.7 Å². The van der Waals surface area contributed by atoms with Crippen LogP contribution in [0.25, 0.3) is 0 Å². The van der Waals surface area contributed by atoms with Crippen molar-refractivity contribution in [3.8, 4) is 0 Å². The van der Waals surface area contributed by atoms with Crippen LogP contribution in [-0.2, 0) is 16.1 Å². The van der Waals surface area contributed by atoms with E-state index < -0.39 is 0 Å². The number of carbonyl (C=O) groups is 2. The predicted octanol–water partition coefficient (Wildman–Crippen LogP) is 3.58. The lowest BCUT2D eigenvalue weighted by atomic mass is 9.99. The third kappa shape index (κ3) is 6.55. The summed E-state index contributed by atoms with van der Waals surface area (Å²) in [5.74, 6) is 0.691. The van der Waals surface area contributed by atoms with E-state index in [2.05, 4.69) is 5.32 Å². The molecule has 0 saturated heterocycles. The summed E-state index contributed by atoms with van der Waals surface area (Å²) in [4.78, 5) is 24.1. The van der Waals surface area contributed by atoms with Crippen LogP contribution in [0.4, 0.5) is 0 Å². The summed E-state index contributed by atoms with van der Waals surface area (Å²) in [6, 6.07) is 9.47. The van der Waals surface area contributed by atoms with E-state index in [1.165, 1.54) is 0 Å². The number of Topliss-reactive ketones (excluding diaryl/α,β-unsaturated/α-hetero) is 1. The Bertz CT molecular complexity index is 692. The highest BCUT2D eigenvalue weighted by Crippen LogP contribution is 2.13. The summed E-state index contributed by atoms with van der Waals surface area (Å²) >= 11 is 0. The summed E-state index contributed by atoms with van der Waals surface area (Å²) in [6.45, 7) is 5.38. The number of benzene rings is 1. The molecule has 0 bridgehead atoms. The molecule has 0 atom stereocenters. The summed E-state index contributed by atoms with van der Waals surface area (Å²) in [7, 11) is 0. The maximum atomic E-state index is 12.2. The Morgan fingerprint density at radius 1 is 1.16 bits per heavy atom. The van der Waals surface area contributed by atoms with Gasteiger partial charge in [-0.05, 0) is 44.0 Å². The number of hydrogen-bond donors (Lipinski definition) is 1. The van der Waals surface area contributed by atoms with Gasteiger partial charge in [-0.2, -0.15) is 0 Å². The standard InChI is InChI=1S/C20H25NO4/c1-15-6-7-16(2)18(13-15)19(22)8-9-20(23)21-10-4-11-24-14-17-5-3-12-25-17/h3,5-7,12-13H,4,8-11,14H2,1-2H3,(H,21,23). The third-order valence-electron chi connectivity index (χ3n) is 3.88. The molecule has 1 heterocycles. The molecule has 1 amide bonds. The van der Waals surface area contributed by atoms with Gasteiger partial charge in [-0.25, -0.2) is 0 Å². The first-order chi connectivity index (χ1) is 12.1. The second kappa shape index (κ2) is 9.79. The van der Waals surface area contributed by atoms with Crippen LogP contribution < -0.4 is 5.32 Å². The van der Waals surface area contributed by atoms with Gasteiger partial charge in [-0.15, -0.1) is 0 Å². The van der Waals surface area contributed by atoms with Gasteiger partial charge in [0.25, 0.3) is 0 Å². The summed E-state index contributed by atoms with van der Waals surface area (Å²) in [5, 5.41) is 2.81. The van der Waals surface area contributed by atoms with E-state index in [9.17, 15) is 9.59 Å². The molecule has 5 nitrogen and oxygen atoms in total. The molecule has 0 unspecified atom stereocenters. The summed E-state index contributed by atoms with van der Waals surface area (Å²) in [6.07, 6.45) is 2.76. The highest BCUT2D eigenvalue weighted by Gasteiger charge is 2.11. The fraction of sp³-hybridized carbons (Fsp3) is 0.400. The van der Waals surface area contributed by atoms with E-state index in [0.29, 0.717) is 25.3 Å². The van der Waals surface area contributed by atoms with Crippen molar-refractivity contribution in [3.63, 3.8) is 0 Å². The first-order valence-corrected chi connectivity index (χ1v) is 8.53. The molecule has 0 aliphatic heterocycles. The number of hydrogen-bond acceptors (Lipinski definition) is 4. The van der Waals surface area contributed by atoms with Gasteiger partial charge in [0.15, 0.2) is 5.78 Å². The number of ether oxygens (including phenoxy) is 1. The van der Waals surface area contributed by atoms with Gasteiger partial charge in [-0.1, -0.05) is 17.7 Å². The van der Waals surface area contributed by atoms with Gasteiger partial charge in [0, 0.05) is 31.6 Å². The molecule has 0 fully saturated rings. The number of furan rings is 1. The Hall–Kier alpha value is -2.40. The van der Waals surface area contributed by atoms with Gasteiger partial charge >= 0.3 is 0 Å². The van der Waals surface area contributed by atoms with Gasteiger partial charge in [0.05, 0.1) is 6.26 Å². The lowest BCUT2D eigenvalue weighted by molar-refractivity contribution is -0.121. The SMILES string of the molecule is Cc1ccc(C)c(C(=O)CCC(=O)NCCCOCc2ccco2)c1. The second-order valence-corrected chi connectivity index (χ2v) is 6.08. The van der Waals surface area contributed by atoms with Gasteiger partial charge in [-0.3, -0.25) is 9.59 Å². The van der Waals surface area contributed by atoms with E-state index >= 15 is 0 Å². The van der Waals surface area contributed by atoms with E-state index in [0.717, 1.165) is 23.3 Å². The minimum absolute atomic E-state index is 0.0122. The smallest absolute Gasteiger partial charge is 0.220 e. The Balaban J connectivity index is 1.59. The number of amides is 1. The molecule has 5 heteroatoms. The zero-order valence-electron chi connectivity index (χ0n) is 14.8. The van der Waals surface area contributed by atoms with Crippen LogP contribution in [0.3, 0.4) is 0 Å². The van der Waals surface area contributed by atoms with Crippen molar-refractivity contribution in [1.82, 2.24) is 5.32 Å². The normalized spacial score (nSPS) is 10.6. The van der Waals surface area contributed by atoms with Crippen molar-refractivity contribution in [3.05, 3.63) is 59.0 Å². The highest BCUT2D eigenvalue weighted by atomic mass is 16.5. The molecule has 1 aromatic carbocycles.